The summed E-state index contributed by atoms with van der Waals surface area (Å²) in [6, 6.07) is 0.225. The second kappa shape index (κ2) is 5.60. The lowest BCUT2D eigenvalue weighted by molar-refractivity contribution is -0.133. The van der Waals surface area contributed by atoms with E-state index in [1.165, 1.54) is 0 Å². The first-order valence-electron chi connectivity index (χ1n) is 7.00. The molecule has 1 saturated heterocycles. The zero-order valence-electron chi connectivity index (χ0n) is 11.4. The Labute approximate surface area is 127 Å². The monoisotopic (exact) mass is 331 g/mol. The van der Waals surface area contributed by atoms with E-state index in [2.05, 4.69) is 10.2 Å². The fraction of sp³-hybridized carbons (Fsp3) is 0.750. The molecule has 0 amide bonds. The number of carbonyl (C=O) groups is 1. The smallest absolute Gasteiger partial charge is 0.313 e. The summed E-state index contributed by atoms with van der Waals surface area (Å²) in [7, 11) is -3.17. The maximum Gasteiger partial charge on any atom is 0.313 e. The molecular formula is C12H17N3O4S2. The van der Waals surface area contributed by atoms with Gasteiger partial charge in [0.2, 0.25) is 0 Å². The highest BCUT2D eigenvalue weighted by atomic mass is 32.2. The van der Waals surface area contributed by atoms with Crippen molar-refractivity contribution in [3.8, 4) is 0 Å². The van der Waals surface area contributed by atoms with E-state index in [9.17, 15) is 13.2 Å². The number of aromatic nitrogens is 3. The lowest BCUT2D eigenvalue weighted by Crippen LogP contribution is -2.24. The number of thioether (sulfide) groups is 1. The van der Waals surface area contributed by atoms with Crippen molar-refractivity contribution in [2.45, 2.75) is 48.6 Å². The van der Waals surface area contributed by atoms with Gasteiger partial charge < -0.3 is 9.67 Å². The molecule has 21 heavy (non-hydrogen) atoms. The van der Waals surface area contributed by atoms with E-state index < -0.39 is 21.1 Å². The fourth-order valence-electron chi connectivity index (χ4n) is 2.65. The molecule has 1 saturated carbocycles. The van der Waals surface area contributed by atoms with Crippen LogP contribution in [0.3, 0.4) is 0 Å². The zero-order valence-corrected chi connectivity index (χ0v) is 13.1. The molecule has 7 nitrogen and oxygen atoms in total. The van der Waals surface area contributed by atoms with Crippen LogP contribution in [0, 0.1) is 0 Å². The minimum atomic E-state index is -3.17. The Morgan fingerprint density at radius 3 is 2.67 bits per heavy atom. The summed E-state index contributed by atoms with van der Waals surface area (Å²) < 4.78 is 26.4. The first-order valence-corrected chi connectivity index (χ1v) is 9.70. The number of nitrogens with zero attached hydrogens (tertiary/aromatic N) is 3. The summed E-state index contributed by atoms with van der Waals surface area (Å²) in [6.45, 7) is 0. The highest BCUT2D eigenvalue weighted by molar-refractivity contribution is 7.99. The van der Waals surface area contributed by atoms with Gasteiger partial charge in [-0.25, -0.2) is 8.42 Å². The molecule has 1 N–H and O–H groups in total. The molecular weight excluding hydrogens is 314 g/mol. The van der Waals surface area contributed by atoms with Gasteiger partial charge in [-0.3, -0.25) is 4.79 Å². The van der Waals surface area contributed by atoms with E-state index in [0.717, 1.165) is 31.0 Å². The lowest BCUT2D eigenvalue weighted by atomic mass is 10.2. The van der Waals surface area contributed by atoms with Crippen LogP contribution in [0.4, 0.5) is 0 Å². The molecule has 116 valence electrons. The number of carboxylic acid groups (broad SMARTS) is 1. The average molecular weight is 331 g/mol. The summed E-state index contributed by atoms with van der Waals surface area (Å²) in [5, 5.41) is 16.9. The van der Waals surface area contributed by atoms with E-state index in [-0.39, 0.29) is 17.5 Å². The molecule has 1 unspecified atom stereocenters. The molecule has 0 radical (unpaired) electrons. The molecule has 0 spiro atoms. The van der Waals surface area contributed by atoms with Crippen LogP contribution in [-0.4, -0.2) is 45.8 Å². The predicted octanol–water partition coefficient (Wildman–Crippen LogP) is 1.43. The van der Waals surface area contributed by atoms with E-state index in [4.69, 9.17) is 5.11 Å². The number of carboxylic acids is 1. The molecule has 2 aliphatic rings. The third-order valence-corrected chi connectivity index (χ3v) is 6.89. The highest BCUT2D eigenvalue weighted by Crippen LogP contribution is 2.42. The summed E-state index contributed by atoms with van der Waals surface area (Å²) in [5.74, 6) is -0.308. The number of rotatable bonds is 5. The van der Waals surface area contributed by atoms with Crippen LogP contribution in [0.1, 0.15) is 49.2 Å². The molecule has 9 heteroatoms. The SMILES string of the molecule is O=C(O)CSc1nnc(C2CCCCS2(=O)=O)n1C1CC1. The molecule has 0 bridgehead atoms. The van der Waals surface area contributed by atoms with Crippen LogP contribution in [0.25, 0.3) is 0 Å². The van der Waals surface area contributed by atoms with Crippen LogP contribution < -0.4 is 0 Å². The third-order valence-electron chi connectivity index (χ3n) is 3.79. The molecule has 2 heterocycles. The first-order chi connectivity index (χ1) is 9.99. The Balaban J connectivity index is 1.93. The Hall–Kier alpha value is -1.09. The predicted molar refractivity (Wildman–Crippen MR) is 77.0 cm³/mol. The van der Waals surface area contributed by atoms with Gasteiger partial charge in [-0.05, 0) is 25.7 Å². The Morgan fingerprint density at radius 2 is 2.05 bits per heavy atom. The van der Waals surface area contributed by atoms with E-state index >= 15 is 0 Å². The maximum absolute atomic E-state index is 12.3. The molecule has 1 atom stereocenters. The minimum absolute atomic E-state index is 0.0950. The summed E-state index contributed by atoms with van der Waals surface area (Å²) >= 11 is 1.10. The van der Waals surface area contributed by atoms with Crippen molar-refractivity contribution < 1.29 is 18.3 Å². The number of hydrogen-bond acceptors (Lipinski definition) is 6. The van der Waals surface area contributed by atoms with Crippen LogP contribution >= 0.6 is 11.8 Å². The van der Waals surface area contributed by atoms with Gasteiger partial charge in [-0.1, -0.05) is 18.2 Å². The lowest BCUT2D eigenvalue weighted by Gasteiger charge is -2.22. The van der Waals surface area contributed by atoms with E-state index in [1.54, 1.807) is 0 Å². The van der Waals surface area contributed by atoms with Crippen molar-refractivity contribution in [1.82, 2.24) is 14.8 Å². The van der Waals surface area contributed by atoms with Crippen LogP contribution in [0.15, 0.2) is 5.16 Å². The summed E-state index contributed by atoms with van der Waals surface area (Å²) in [4.78, 5) is 10.7. The van der Waals surface area contributed by atoms with Crippen molar-refractivity contribution in [3.63, 3.8) is 0 Å². The van der Waals surface area contributed by atoms with Crippen molar-refractivity contribution in [2.24, 2.45) is 0 Å². The molecule has 0 aromatic carbocycles. The normalized spacial score (nSPS) is 24.9. The molecule has 3 rings (SSSR count). The van der Waals surface area contributed by atoms with Crippen LogP contribution in [0.2, 0.25) is 0 Å². The highest BCUT2D eigenvalue weighted by Gasteiger charge is 2.38. The van der Waals surface area contributed by atoms with Crippen molar-refractivity contribution in [2.75, 3.05) is 11.5 Å². The average Bonchev–Trinajstić information content (AvgIpc) is 3.17. The van der Waals surface area contributed by atoms with Gasteiger partial charge in [0.05, 0.1) is 11.5 Å². The van der Waals surface area contributed by atoms with Gasteiger partial charge in [0.1, 0.15) is 5.25 Å². The van der Waals surface area contributed by atoms with Gasteiger partial charge in [0, 0.05) is 6.04 Å². The molecule has 1 aromatic rings. The quantitative estimate of drug-likeness (QED) is 0.814. The van der Waals surface area contributed by atoms with Crippen molar-refractivity contribution in [3.05, 3.63) is 5.82 Å². The van der Waals surface area contributed by atoms with Crippen molar-refractivity contribution in [1.29, 1.82) is 0 Å². The summed E-state index contributed by atoms with van der Waals surface area (Å²) in [6.07, 6.45) is 4.10. The molecule has 1 aromatic heterocycles. The number of hydrogen-bond donors (Lipinski definition) is 1. The first kappa shape index (κ1) is 14.8. The van der Waals surface area contributed by atoms with Crippen molar-refractivity contribution >= 4 is 27.6 Å². The van der Waals surface area contributed by atoms with Crippen LogP contribution in [-0.2, 0) is 14.6 Å². The maximum atomic E-state index is 12.3. The molecule has 2 fully saturated rings. The third kappa shape index (κ3) is 3.08. The van der Waals surface area contributed by atoms with Crippen LogP contribution in [0.5, 0.6) is 0 Å². The van der Waals surface area contributed by atoms with E-state index in [1.807, 2.05) is 4.57 Å². The standard InChI is InChI=1S/C12H17N3O4S2/c16-10(17)7-20-12-14-13-11(15(12)8-4-5-8)9-3-1-2-6-21(9,18)19/h8-9H,1-7H2,(H,16,17). The van der Waals surface area contributed by atoms with Gasteiger partial charge >= 0.3 is 5.97 Å². The van der Waals surface area contributed by atoms with Gasteiger partial charge in [0.15, 0.2) is 20.8 Å². The Bertz CT molecular complexity index is 651. The minimum Gasteiger partial charge on any atom is -0.481 e. The second-order valence-electron chi connectivity index (χ2n) is 5.48. The largest absolute Gasteiger partial charge is 0.481 e. The zero-order chi connectivity index (χ0) is 15.0. The molecule has 1 aliphatic heterocycles. The number of sulfone groups is 1. The summed E-state index contributed by atoms with van der Waals surface area (Å²) in [5.41, 5.74) is 0. The second-order valence-corrected chi connectivity index (χ2v) is 8.72. The van der Waals surface area contributed by atoms with E-state index in [0.29, 0.717) is 23.8 Å². The Morgan fingerprint density at radius 1 is 1.29 bits per heavy atom. The molecule has 1 aliphatic carbocycles. The van der Waals surface area contributed by atoms with Gasteiger partial charge in [-0.15, -0.1) is 10.2 Å². The Kier molecular flexibility index (Phi) is 3.96. The van der Waals surface area contributed by atoms with Gasteiger partial charge in [-0.2, -0.15) is 0 Å². The topological polar surface area (TPSA) is 102 Å². The fourth-order valence-corrected chi connectivity index (χ4v) is 5.28. The van der Waals surface area contributed by atoms with Gasteiger partial charge in [0.25, 0.3) is 0 Å². The number of aliphatic carboxylic acids is 1.